The first kappa shape index (κ1) is 21.9. The highest BCUT2D eigenvalue weighted by Gasteiger charge is 2.32. The second-order valence-corrected chi connectivity index (χ2v) is 7.34. The van der Waals surface area contributed by atoms with Gasteiger partial charge in [-0.2, -0.15) is 13.2 Å². The van der Waals surface area contributed by atoms with Gasteiger partial charge in [0.15, 0.2) is 5.96 Å². The number of nitrogens with zero attached hydrogens (tertiary/aromatic N) is 3. The topological polar surface area (TPSA) is 62.9 Å². The lowest BCUT2D eigenvalue weighted by Crippen LogP contribution is -2.48. The van der Waals surface area contributed by atoms with E-state index in [4.69, 9.17) is 9.15 Å². The van der Waals surface area contributed by atoms with Crippen LogP contribution < -0.4 is 5.32 Å². The van der Waals surface area contributed by atoms with Crippen molar-refractivity contribution in [3.63, 3.8) is 0 Å². The number of rotatable bonds is 4. The lowest BCUT2D eigenvalue weighted by molar-refractivity contribution is -0.137. The molecular formula is C23H23F3N4O2. The van der Waals surface area contributed by atoms with Crippen molar-refractivity contribution in [1.82, 2.24) is 15.2 Å². The summed E-state index contributed by atoms with van der Waals surface area (Å²) in [4.78, 5) is 10.8. The predicted molar refractivity (Wildman–Crippen MR) is 114 cm³/mol. The fourth-order valence-corrected chi connectivity index (χ4v) is 3.56. The number of guanidine groups is 1. The first-order valence-corrected chi connectivity index (χ1v) is 10.2. The minimum absolute atomic E-state index is 0.379. The molecule has 0 bridgehead atoms. The van der Waals surface area contributed by atoms with Crippen LogP contribution in [0.4, 0.5) is 13.2 Å². The van der Waals surface area contributed by atoms with E-state index in [0.29, 0.717) is 49.3 Å². The number of morpholine rings is 1. The molecule has 1 aliphatic rings. The van der Waals surface area contributed by atoms with E-state index >= 15 is 0 Å². The highest BCUT2D eigenvalue weighted by atomic mass is 19.4. The Kier molecular flexibility index (Phi) is 6.45. The Balaban J connectivity index is 1.40. The molecule has 2 heterocycles. The maximum atomic E-state index is 13.1. The van der Waals surface area contributed by atoms with Gasteiger partial charge in [0.2, 0.25) is 5.89 Å². The Bertz CT molecular complexity index is 1070. The third-order valence-corrected chi connectivity index (χ3v) is 5.16. The first-order valence-electron chi connectivity index (χ1n) is 10.2. The van der Waals surface area contributed by atoms with E-state index in [1.165, 1.54) is 6.07 Å². The standard InChI is InChI=1S/C23H23F3N4O2/c1-27-22(28-13-19-15-32-21(29-19)16-6-3-2-4-7-16)30-10-11-31-20(14-30)17-8-5-9-18(12-17)23(24,25)26/h2-9,12,15,20H,10-11,13-14H2,1H3,(H,27,28). The van der Waals surface area contributed by atoms with E-state index < -0.39 is 17.8 Å². The summed E-state index contributed by atoms with van der Waals surface area (Å²) in [6.07, 6.45) is -3.28. The number of halogens is 3. The van der Waals surface area contributed by atoms with Crippen LogP contribution in [0, 0.1) is 0 Å². The molecule has 1 N–H and O–H groups in total. The molecule has 1 aromatic heterocycles. The van der Waals surface area contributed by atoms with E-state index in [1.807, 2.05) is 35.2 Å². The molecule has 168 valence electrons. The van der Waals surface area contributed by atoms with Gasteiger partial charge in [0.1, 0.15) is 12.4 Å². The molecule has 1 fully saturated rings. The quantitative estimate of drug-likeness (QED) is 0.474. The third-order valence-electron chi connectivity index (χ3n) is 5.16. The van der Waals surface area contributed by atoms with Crippen molar-refractivity contribution in [2.45, 2.75) is 18.8 Å². The number of benzene rings is 2. The number of ether oxygens (including phenoxy) is 1. The number of aliphatic imine (C=N–C) groups is 1. The van der Waals surface area contributed by atoms with Gasteiger partial charge < -0.3 is 19.4 Å². The lowest BCUT2D eigenvalue weighted by atomic mass is 10.0. The second-order valence-electron chi connectivity index (χ2n) is 7.34. The fourth-order valence-electron chi connectivity index (χ4n) is 3.56. The third kappa shape index (κ3) is 5.11. The molecule has 2 aromatic carbocycles. The van der Waals surface area contributed by atoms with Crippen molar-refractivity contribution < 1.29 is 22.3 Å². The van der Waals surface area contributed by atoms with Crippen LogP contribution >= 0.6 is 0 Å². The van der Waals surface area contributed by atoms with Crippen molar-refractivity contribution in [2.75, 3.05) is 26.7 Å². The maximum absolute atomic E-state index is 13.1. The Morgan fingerprint density at radius 1 is 1.19 bits per heavy atom. The second kappa shape index (κ2) is 9.44. The molecule has 3 aromatic rings. The molecule has 0 spiro atoms. The molecule has 4 rings (SSSR count). The minimum Gasteiger partial charge on any atom is -0.444 e. The SMILES string of the molecule is CN=C(NCc1coc(-c2ccccc2)n1)N1CCOC(c2cccc(C(F)(F)F)c2)C1. The molecule has 1 saturated heterocycles. The van der Waals surface area contributed by atoms with Crippen LogP contribution in [0.1, 0.15) is 22.9 Å². The summed E-state index contributed by atoms with van der Waals surface area (Å²) in [7, 11) is 1.66. The Morgan fingerprint density at radius 2 is 2.00 bits per heavy atom. The van der Waals surface area contributed by atoms with Crippen molar-refractivity contribution in [2.24, 2.45) is 4.99 Å². The summed E-state index contributed by atoms with van der Waals surface area (Å²) < 4.78 is 50.5. The molecule has 1 unspecified atom stereocenters. The molecule has 0 saturated carbocycles. The van der Waals surface area contributed by atoms with Gasteiger partial charge in [0, 0.05) is 19.2 Å². The van der Waals surface area contributed by atoms with Gasteiger partial charge in [0.05, 0.1) is 31.0 Å². The smallest absolute Gasteiger partial charge is 0.416 e. The molecular weight excluding hydrogens is 421 g/mol. The number of aromatic nitrogens is 1. The Labute approximate surface area is 183 Å². The van der Waals surface area contributed by atoms with E-state index in [2.05, 4.69) is 15.3 Å². The van der Waals surface area contributed by atoms with E-state index in [9.17, 15) is 13.2 Å². The molecule has 0 radical (unpaired) electrons. The van der Waals surface area contributed by atoms with Gasteiger partial charge in [-0.1, -0.05) is 30.3 Å². The molecule has 32 heavy (non-hydrogen) atoms. The van der Waals surface area contributed by atoms with Crippen LogP contribution in [0.2, 0.25) is 0 Å². The first-order chi connectivity index (χ1) is 15.4. The van der Waals surface area contributed by atoms with Crippen LogP contribution in [0.15, 0.2) is 70.3 Å². The molecule has 9 heteroatoms. The van der Waals surface area contributed by atoms with Gasteiger partial charge in [-0.3, -0.25) is 4.99 Å². The zero-order valence-electron chi connectivity index (χ0n) is 17.5. The van der Waals surface area contributed by atoms with Crippen LogP contribution in [-0.4, -0.2) is 42.6 Å². The average Bonchev–Trinajstić information content (AvgIpc) is 3.29. The summed E-state index contributed by atoms with van der Waals surface area (Å²) in [6, 6.07) is 14.9. The van der Waals surface area contributed by atoms with Crippen molar-refractivity contribution >= 4 is 5.96 Å². The van der Waals surface area contributed by atoms with Crippen LogP contribution in [0.3, 0.4) is 0 Å². The predicted octanol–water partition coefficient (Wildman–Crippen LogP) is 4.51. The van der Waals surface area contributed by atoms with Gasteiger partial charge in [0.25, 0.3) is 0 Å². The number of nitrogens with one attached hydrogen (secondary N) is 1. The van der Waals surface area contributed by atoms with Gasteiger partial charge in [-0.15, -0.1) is 0 Å². The van der Waals surface area contributed by atoms with Crippen LogP contribution in [0.5, 0.6) is 0 Å². The molecule has 0 amide bonds. The van der Waals surface area contributed by atoms with E-state index in [-0.39, 0.29) is 0 Å². The van der Waals surface area contributed by atoms with Gasteiger partial charge in [-0.05, 0) is 29.8 Å². The Morgan fingerprint density at radius 3 is 2.75 bits per heavy atom. The van der Waals surface area contributed by atoms with Crippen molar-refractivity contribution in [3.05, 3.63) is 77.7 Å². The average molecular weight is 444 g/mol. The summed E-state index contributed by atoms with van der Waals surface area (Å²) >= 11 is 0. The Hall–Kier alpha value is -3.33. The van der Waals surface area contributed by atoms with Gasteiger partial charge in [-0.25, -0.2) is 4.98 Å². The number of hydrogen-bond donors (Lipinski definition) is 1. The fraction of sp³-hybridized carbons (Fsp3) is 0.304. The zero-order valence-corrected chi connectivity index (χ0v) is 17.5. The number of hydrogen-bond acceptors (Lipinski definition) is 4. The monoisotopic (exact) mass is 444 g/mol. The van der Waals surface area contributed by atoms with Crippen molar-refractivity contribution in [3.8, 4) is 11.5 Å². The summed E-state index contributed by atoms with van der Waals surface area (Å²) in [5.74, 6) is 1.16. The summed E-state index contributed by atoms with van der Waals surface area (Å²) in [5.41, 5.74) is 1.41. The summed E-state index contributed by atoms with van der Waals surface area (Å²) in [5, 5.41) is 3.25. The highest BCUT2D eigenvalue weighted by molar-refractivity contribution is 5.80. The number of oxazole rings is 1. The van der Waals surface area contributed by atoms with Gasteiger partial charge >= 0.3 is 6.18 Å². The summed E-state index contributed by atoms with van der Waals surface area (Å²) in [6.45, 7) is 1.73. The minimum atomic E-state index is -4.39. The molecule has 6 nitrogen and oxygen atoms in total. The van der Waals surface area contributed by atoms with E-state index in [1.54, 1.807) is 19.4 Å². The lowest BCUT2D eigenvalue weighted by Gasteiger charge is -2.35. The van der Waals surface area contributed by atoms with Crippen molar-refractivity contribution in [1.29, 1.82) is 0 Å². The molecule has 1 aliphatic heterocycles. The normalized spacial score (nSPS) is 17.4. The molecule has 0 aliphatic carbocycles. The largest absolute Gasteiger partial charge is 0.444 e. The van der Waals surface area contributed by atoms with Crippen LogP contribution in [-0.2, 0) is 17.5 Å². The highest BCUT2D eigenvalue weighted by Crippen LogP contribution is 2.32. The van der Waals surface area contributed by atoms with E-state index in [0.717, 1.165) is 17.7 Å². The zero-order chi connectivity index (χ0) is 22.6. The maximum Gasteiger partial charge on any atom is 0.416 e. The van der Waals surface area contributed by atoms with Crippen LogP contribution in [0.25, 0.3) is 11.5 Å². The number of alkyl halides is 3. The molecule has 1 atom stereocenters.